The van der Waals surface area contributed by atoms with Crippen LogP contribution in [-0.2, 0) is 16.9 Å². The molecule has 1 atom stereocenters. The summed E-state index contributed by atoms with van der Waals surface area (Å²) in [6.45, 7) is 1.21. The first-order chi connectivity index (χ1) is 17.0. The van der Waals surface area contributed by atoms with Crippen molar-refractivity contribution < 1.29 is 19.1 Å². The van der Waals surface area contributed by atoms with Gasteiger partial charge in [-0.25, -0.2) is 4.79 Å². The van der Waals surface area contributed by atoms with Gasteiger partial charge in [0, 0.05) is 36.6 Å². The first-order valence-corrected chi connectivity index (χ1v) is 12.5. The average molecular weight is 491 g/mol. The summed E-state index contributed by atoms with van der Waals surface area (Å²) in [5.41, 5.74) is 0.987. The number of aromatic nitrogens is 1. The van der Waals surface area contributed by atoms with Crippen LogP contribution in [0.15, 0.2) is 65.6 Å². The average Bonchev–Trinajstić information content (AvgIpc) is 3.52. The predicted octanol–water partition coefficient (Wildman–Crippen LogP) is 3.65. The molecule has 8 nitrogen and oxygen atoms in total. The second-order valence-corrected chi connectivity index (χ2v) is 9.58. The van der Waals surface area contributed by atoms with Crippen molar-refractivity contribution in [3.05, 3.63) is 82.3 Å². The van der Waals surface area contributed by atoms with Gasteiger partial charge in [-0.15, -0.1) is 0 Å². The summed E-state index contributed by atoms with van der Waals surface area (Å²) in [7, 11) is 1.59. The van der Waals surface area contributed by atoms with Crippen molar-refractivity contribution >= 4 is 29.2 Å². The molecule has 4 heterocycles. The Morgan fingerprint density at radius 2 is 1.94 bits per heavy atom. The lowest BCUT2D eigenvalue weighted by Gasteiger charge is -2.41. The summed E-state index contributed by atoms with van der Waals surface area (Å²) in [5, 5.41) is 6.90. The highest BCUT2D eigenvalue weighted by Gasteiger charge is 2.57. The van der Waals surface area contributed by atoms with Gasteiger partial charge in [0.05, 0.1) is 13.7 Å². The van der Waals surface area contributed by atoms with E-state index in [0.717, 1.165) is 5.56 Å². The topological polar surface area (TPSA) is 91.8 Å². The molecule has 5 rings (SSSR count). The highest BCUT2D eigenvalue weighted by molar-refractivity contribution is 7.07. The molecule has 0 bridgehead atoms. The number of thiophene rings is 1. The third-order valence-electron chi connectivity index (χ3n) is 6.90. The number of pyridine rings is 1. The van der Waals surface area contributed by atoms with Crippen molar-refractivity contribution in [3.8, 4) is 5.75 Å². The maximum absolute atomic E-state index is 13.9. The van der Waals surface area contributed by atoms with Crippen LogP contribution < -0.4 is 10.1 Å². The number of nitrogens with one attached hydrogen (secondary N) is 1. The highest BCUT2D eigenvalue weighted by Crippen LogP contribution is 2.41. The van der Waals surface area contributed by atoms with Crippen LogP contribution in [0.2, 0.25) is 0 Å². The molecule has 9 heteroatoms. The number of likely N-dealkylation sites (tertiary alicyclic amines) is 1. The molecule has 2 aromatic heterocycles. The van der Waals surface area contributed by atoms with Crippen molar-refractivity contribution in [1.82, 2.24) is 20.1 Å². The molecular formula is C26H26N4O4S. The van der Waals surface area contributed by atoms with Crippen LogP contribution >= 0.6 is 11.3 Å². The van der Waals surface area contributed by atoms with Gasteiger partial charge in [-0.05, 0) is 71.5 Å². The lowest BCUT2D eigenvalue weighted by atomic mass is 9.73. The van der Waals surface area contributed by atoms with Crippen molar-refractivity contribution in [2.24, 2.45) is 5.92 Å². The zero-order valence-corrected chi connectivity index (χ0v) is 20.2. The summed E-state index contributed by atoms with van der Waals surface area (Å²) in [6, 6.07) is 12.2. The number of carbonyl (C=O) groups excluding carboxylic acids is 3. The Hall–Kier alpha value is -3.72. The van der Waals surface area contributed by atoms with E-state index in [-0.39, 0.29) is 24.3 Å². The number of rotatable bonds is 6. The van der Waals surface area contributed by atoms with Gasteiger partial charge < -0.3 is 15.0 Å². The quantitative estimate of drug-likeness (QED) is 0.533. The van der Waals surface area contributed by atoms with Crippen molar-refractivity contribution in [3.63, 3.8) is 0 Å². The van der Waals surface area contributed by atoms with Crippen LogP contribution in [0.1, 0.15) is 34.3 Å². The molecule has 2 aliphatic heterocycles. The van der Waals surface area contributed by atoms with Crippen LogP contribution in [0.4, 0.5) is 4.79 Å². The fraction of sp³-hybridized carbons (Fsp3) is 0.308. The van der Waals surface area contributed by atoms with Gasteiger partial charge in [0.2, 0.25) is 0 Å². The third-order valence-corrected chi connectivity index (χ3v) is 7.63. The van der Waals surface area contributed by atoms with Crippen LogP contribution in [-0.4, -0.2) is 52.8 Å². The van der Waals surface area contributed by atoms with Crippen LogP contribution in [0.3, 0.4) is 0 Å². The fourth-order valence-corrected chi connectivity index (χ4v) is 5.70. The van der Waals surface area contributed by atoms with Gasteiger partial charge in [-0.2, -0.15) is 11.3 Å². The second-order valence-electron chi connectivity index (χ2n) is 8.80. The van der Waals surface area contributed by atoms with Crippen molar-refractivity contribution in [1.29, 1.82) is 0 Å². The number of imide groups is 1. The van der Waals surface area contributed by atoms with Gasteiger partial charge in [-0.3, -0.25) is 19.5 Å². The number of hydrogen-bond donors (Lipinski definition) is 1. The molecule has 0 aliphatic carbocycles. The molecule has 2 fully saturated rings. The molecule has 3 aromatic rings. The lowest BCUT2D eigenvalue weighted by molar-refractivity contribution is -0.134. The van der Waals surface area contributed by atoms with Gasteiger partial charge in [0.25, 0.3) is 11.8 Å². The van der Waals surface area contributed by atoms with E-state index in [0.29, 0.717) is 42.8 Å². The first-order valence-electron chi connectivity index (χ1n) is 11.5. The van der Waals surface area contributed by atoms with Crippen molar-refractivity contribution in [2.45, 2.75) is 24.9 Å². The molecule has 0 radical (unpaired) electrons. The van der Waals surface area contributed by atoms with E-state index >= 15 is 0 Å². The number of nitrogens with zero attached hydrogens (tertiary/aromatic N) is 3. The largest absolute Gasteiger partial charge is 0.497 e. The Morgan fingerprint density at radius 1 is 1.17 bits per heavy atom. The summed E-state index contributed by atoms with van der Waals surface area (Å²) < 4.78 is 5.18. The van der Waals surface area contributed by atoms with E-state index in [4.69, 9.17) is 4.74 Å². The zero-order chi connectivity index (χ0) is 24.4. The molecule has 35 heavy (non-hydrogen) atoms. The van der Waals surface area contributed by atoms with E-state index in [1.807, 2.05) is 22.9 Å². The van der Waals surface area contributed by atoms with Gasteiger partial charge in [-0.1, -0.05) is 6.07 Å². The maximum atomic E-state index is 13.9. The number of amides is 4. The molecule has 4 amide bonds. The summed E-state index contributed by atoms with van der Waals surface area (Å²) in [5.74, 6) is 0.209. The summed E-state index contributed by atoms with van der Waals surface area (Å²) >= 11 is 1.53. The fourth-order valence-electron chi connectivity index (χ4n) is 5.04. The van der Waals surface area contributed by atoms with Gasteiger partial charge in [0.15, 0.2) is 5.54 Å². The number of methoxy groups -OCH3 is 1. The number of benzene rings is 1. The molecule has 1 aromatic carbocycles. The molecule has 1 N–H and O–H groups in total. The number of hydrogen-bond acceptors (Lipinski definition) is 6. The summed E-state index contributed by atoms with van der Waals surface area (Å²) in [6.07, 6.45) is 4.46. The third kappa shape index (κ3) is 4.16. The Kier molecular flexibility index (Phi) is 6.25. The SMILES string of the molecule is COc1ccc(C(=O)N2CCC(C3(c4cccnc4)NC(=O)N(Cc4ccsc4)C3=O)CC2)cc1. The van der Waals surface area contributed by atoms with E-state index in [1.165, 1.54) is 16.2 Å². The molecule has 2 aliphatic rings. The smallest absolute Gasteiger partial charge is 0.325 e. The first kappa shape index (κ1) is 23.0. The van der Waals surface area contributed by atoms with Gasteiger partial charge in [0.1, 0.15) is 5.75 Å². The zero-order valence-electron chi connectivity index (χ0n) is 19.3. The minimum atomic E-state index is -1.20. The Bertz CT molecular complexity index is 1210. The number of piperidine rings is 1. The van der Waals surface area contributed by atoms with Crippen LogP contribution in [0.5, 0.6) is 5.75 Å². The molecule has 1 unspecified atom stereocenters. The molecule has 0 spiro atoms. The normalized spacial score (nSPS) is 20.7. The second kappa shape index (κ2) is 9.50. The Morgan fingerprint density at radius 3 is 2.57 bits per heavy atom. The minimum Gasteiger partial charge on any atom is -0.497 e. The highest BCUT2D eigenvalue weighted by atomic mass is 32.1. The van der Waals surface area contributed by atoms with E-state index in [1.54, 1.807) is 54.7 Å². The Balaban J connectivity index is 1.38. The number of carbonyl (C=O) groups is 3. The lowest BCUT2D eigenvalue weighted by Crippen LogP contribution is -2.54. The standard InChI is InChI=1S/C26H26N4O4S/c1-34-22-6-4-19(5-7-22)23(31)29-12-8-20(9-13-29)26(21-3-2-11-27-15-21)24(32)30(25(33)28-26)16-18-10-14-35-17-18/h2-7,10-11,14-15,17,20H,8-9,12-13,16H2,1H3,(H,28,33). The van der Waals surface area contributed by atoms with Gasteiger partial charge >= 0.3 is 6.03 Å². The van der Waals surface area contributed by atoms with E-state index < -0.39 is 11.6 Å². The minimum absolute atomic E-state index is 0.0533. The van der Waals surface area contributed by atoms with Crippen molar-refractivity contribution in [2.75, 3.05) is 20.2 Å². The molecule has 180 valence electrons. The summed E-state index contributed by atoms with van der Waals surface area (Å²) in [4.78, 5) is 47.3. The van der Waals surface area contributed by atoms with E-state index in [2.05, 4.69) is 10.3 Å². The molecular weight excluding hydrogens is 464 g/mol. The molecule has 0 saturated carbocycles. The van der Waals surface area contributed by atoms with Crippen LogP contribution in [0, 0.1) is 5.92 Å². The monoisotopic (exact) mass is 490 g/mol. The number of urea groups is 1. The maximum Gasteiger partial charge on any atom is 0.325 e. The molecule has 2 saturated heterocycles. The Labute approximate surface area is 207 Å². The predicted molar refractivity (Wildman–Crippen MR) is 131 cm³/mol. The van der Waals surface area contributed by atoms with Crippen LogP contribution in [0.25, 0.3) is 0 Å². The van der Waals surface area contributed by atoms with E-state index in [9.17, 15) is 14.4 Å². The number of ether oxygens (including phenoxy) is 1.